The fourth-order valence-corrected chi connectivity index (χ4v) is 2.99. The van der Waals surface area contributed by atoms with Crippen LogP contribution in [0.4, 0.5) is 5.69 Å². The van der Waals surface area contributed by atoms with Crippen LogP contribution in [0.25, 0.3) is 0 Å². The van der Waals surface area contributed by atoms with Crippen molar-refractivity contribution < 1.29 is 9.72 Å². The minimum Gasteiger partial charge on any atom is -0.336 e. The molecule has 114 valence electrons. The third kappa shape index (κ3) is 3.79. The Morgan fingerprint density at radius 1 is 1.33 bits per heavy atom. The van der Waals surface area contributed by atoms with Gasteiger partial charge in [-0.2, -0.15) is 0 Å². The molecule has 0 atom stereocenters. The van der Waals surface area contributed by atoms with Crippen molar-refractivity contribution in [3.8, 4) is 0 Å². The normalized spacial score (nSPS) is 16.0. The number of nitro groups is 1. The van der Waals surface area contributed by atoms with E-state index < -0.39 is 4.92 Å². The number of hydrogen-bond acceptors (Lipinski definition) is 4. The Bertz CT molecular complexity index is 542. The van der Waals surface area contributed by atoms with Crippen LogP contribution in [0.2, 0.25) is 0 Å². The number of carbonyl (C=O) groups excluding carboxylic acids is 1. The number of halogens is 1. The zero-order valence-electron chi connectivity index (χ0n) is 11.9. The molecule has 0 aliphatic carbocycles. The van der Waals surface area contributed by atoms with Crippen LogP contribution in [-0.4, -0.2) is 53.4 Å². The molecule has 0 aromatic heterocycles. The van der Waals surface area contributed by atoms with Gasteiger partial charge in [0.25, 0.3) is 11.6 Å². The molecule has 1 aromatic rings. The molecular weight excluding hydrogens is 338 g/mol. The summed E-state index contributed by atoms with van der Waals surface area (Å²) in [5.74, 6) is -0.0760. The van der Waals surface area contributed by atoms with E-state index in [1.807, 2.05) is 0 Å². The zero-order valence-corrected chi connectivity index (χ0v) is 13.5. The molecule has 1 aliphatic heterocycles. The molecule has 0 N–H and O–H groups in total. The number of nitrogens with zero attached hydrogens (tertiary/aromatic N) is 3. The zero-order chi connectivity index (χ0) is 15.4. The summed E-state index contributed by atoms with van der Waals surface area (Å²) in [7, 11) is 0. The van der Waals surface area contributed by atoms with Crippen LogP contribution in [0.3, 0.4) is 0 Å². The predicted molar refractivity (Wildman–Crippen MR) is 83.4 cm³/mol. The van der Waals surface area contributed by atoms with Crippen molar-refractivity contribution in [2.45, 2.75) is 13.3 Å². The van der Waals surface area contributed by atoms with Crippen LogP contribution in [0.1, 0.15) is 23.7 Å². The van der Waals surface area contributed by atoms with Gasteiger partial charge in [-0.1, -0.05) is 6.92 Å². The second-order valence-electron chi connectivity index (χ2n) is 5.06. The molecule has 0 unspecified atom stereocenters. The van der Waals surface area contributed by atoms with E-state index in [4.69, 9.17) is 0 Å². The van der Waals surface area contributed by atoms with Crippen molar-refractivity contribution in [2.75, 3.05) is 32.7 Å². The Kier molecular flexibility index (Phi) is 5.30. The summed E-state index contributed by atoms with van der Waals surface area (Å²) in [5, 5.41) is 10.7. The molecule has 1 aliphatic rings. The lowest BCUT2D eigenvalue weighted by Crippen LogP contribution is -2.48. The molecule has 0 bridgehead atoms. The average molecular weight is 356 g/mol. The second-order valence-corrected chi connectivity index (χ2v) is 5.91. The molecule has 7 heteroatoms. The number of carbonyl (C=O) groups is 1. The first-order valence-corrected chi connectivity index (χ1v) is 7.77. The lowest BCUT2D eigenvalue weighted by atomic mass is 10.1. The molecule has 1 fully saturated rings. The largest absolute Gasteiger partial charge is 0.336 e. The summed E-state index contributed by atoms with van der Waals surface area (Å²) in [4.78, 5) is 26.9. The van der Waals surface area contributed by atoms with Gasteiger partial charge in [0, 0.05) is 42.8 Å². The fraction of sp³-hybridized carbons (Fsp3) is 0.500. The van der Waals surface area contributed by atoms with Crippen molar-refractivity contribution in [1.29, 1.82) is 0 Å². The summed E-state index contributed by atoms with van der Waals surface area (Å²) in [6.07, 6.45) is 1.11. The molecule has 1 amide bonds. The van der Waals surface area contributed by atoms with Crippen LogP contribution in [0.15, 0.2) is 22.7 Å². The van der Waals surface area contributed by atoms with E-state index >= 15 is 0 Å². The highest BCUT2D eigenvalue weighted by Gasteiger charge is 2.24. The van der Waals surface area contributed by atoms with E-state index in [9.17, 15) is 14.9 Å². The summed E-state index contributed by atoms with van der Waals surface area (Å²) >= 11 is 3.26. The summed E-state index contributed by atoms with van der Waals surface area (Å²) in [6.45, 7) is 6.35. The maximum absolute atomic E-state index is 12.5. The van der Waals surface area contributed by atoms with Gasteiger partial charge in [0.2, 0.25) is 0 Å². The van der Waals surface area contributed by atoms with Gasteiger partial charge >= 0.3 is 0 Å². The molecule has 21 heavy (non-hydrogen) atoms. The molecular formula is C14H18BrN3O3. The number of amides is 1. The van der Waals surface area contributed by atoms with E-state index in [0.717, 1.165) is 26.1 Å². The topological polar surface area (TPSA) is 66.7 Å². The third-order valence-corrected chi connectivity index (χ3v) is 4.25. The number of nitro benzene ring substituents is 1. The summed E-state index contributed by atoms with van der Waals surface area (Å²) in [5.41, 5.74) is 0.454. The van der Waals surface area contributed by atoms with Crippen molar-refractivity contribution in [1.82, 2.24) is 9.80 Å². The minimum absolute atomic E-state index is 0.0220. The van der Waals surface area contributed by atoms with Crippen molar-refractivity contribution >= 4 is 27.5 Å². The number of piperazine rings is 1. The van der Waals surface area contributed by atoms with Gasteiger partial charge < -0.3 is 4.90 Å². The van der Waals surface area contributed by atoms with Gasteiger partial charge in [-0.25, -0.2) is 0 Å². The second kappa shape index (κ2) is 7.00. The first-order chi connectivity index (χ1) is 10.0. The molecule has 2 rings (SSSR count). The van der Waals surface area contributed by atoms with Crippen molar-refractivity contribution in [3.05, 3.63) is 38.3 Å². The highest BCUT2D eigenvalue weighted by atomic mass is 79.9. The Balaban J connectivity index is 2.06. The monoisotopic (exact) mass is 355 g/mol. The molecule has 6 nitrogen and oxygen atoms in total. The van der Waals surface area contributed by atoms with Crippen molar-refractivity contribution in [2.24, 2.45) is 0 Å². The van der Waals surface area contributed by atoms with Gasteiger partial charge in [0.15, 0.2) is 0 Å². The van der Waals surface area contributed by atoms with Crippen LogP contribution >= 0.6 is 15.9 Å². The third-order valence-electron chi connectivity index (χ3n) is 3.59. The Labute approximate surface area is 132 Å². The Hall–Kier alpha value is -1.47. The van der Waals surface area contributed by atoms with Crippen LogP contribution in [0.5, 0.6) is 0 Å². The Morgan fingerprint density at radius 2 is 2.00 bits per heavy atom. The number of non-ortho nitro benzene ring substituents is 1. The van der Waals surface area contributed by atoms with E-state index in [1.54, 1.807) is 4.90 Å². The van der Waals surface area contributed by atoms with Gasteiger partial charge in [-0.15, -0.1) is 0 Å². The summed E-state index contributed by atoms with van der Waals surface area (Å²) in [6, 6.07) is 4.26. The summed E-state index contributed by atoms with van der Waals surface area (Å²) < 4.78 is 0.470. The number of rotatable bonds is 4. The van der Waals surface area contributed by atoms with Gasteiger partial charge in [0.05, 0.1) is 10.5 Å². The van der Waals surface area contributed by atoms with Crippen LogP contribution < -0.4 is 0 Å². The SMILES string of the molecule is CCCN1CCN(C(=O)c2ccc([N+](=O)[O-])cc2Br)CC1. The van der Waals surface area contributed by atoms with Crippen LogP contribution in [-0.2, 0) is 0 Å². The highest BCUT2D eigenvalue weighted by molar-refractivity contribution is 9.10. The van der Waals surface area contributed by atoms with Gasteiger partial charge in [-0.3, -0.25) is 19.8 Å². The van der Waals surface area contributed by atoms with Crippen LogP contribution in [0, 0.1) is 10.1 Å². The van der Waals surface area contributed by atoms with E-state index in [0.29, 0.717) is 23.1 Å². The molecule has 1 aromatic carbocycles. The minimum atomic E-state index is -0.470. The number of benzene rings is 1. The lowest BCUT2D eigenvalue weighted by Gasteiger charge is -2.34. The maximum Gasteiger partial charge on any atom is 0.270 e. The van der Waals surface area contributed by atoms with E-state index in [-0.39, 0.29) is 11.6 Å². The van der Waals surface area contributed by atoms with Crippen molar-refractivity contribution in [3.63, 3.8) is 0 Å². The lowest BCUT2D eigenvalue weighted by molar-refractivity contribution is -0.384. The number of hydrogen-bond donors (Lipinski definition) is 0. The molecule has 0 spiro atoms. The molecule has 1 saturated heterocycles. The molecule has 0 saturated carbocycles. The van der Waals surface area contributed by atoms with E-state index in [2.05, 4.69) is 27.8 Å². The molecule has 0 radical (unpaired) electrons. The highest BCUT2D eigenvalue weighted by Crippen LogP contribution is 2.24. The quantitative estimate of drug-likeness (QED) is 0.614. The first-order valence-electron chi connectivity index (χ1n) is 6.98. The average Bonchev–Trinajstić information content (AvgIpc) is 2.47. The van der Waals surface area contributed by atoms with E-state index in [1.165, 1.54) is 18.2 Å². The Morgan fingerprint density at radius 3 is 2.52 bits per heavy atom. The first kappa shape index (κ1) is 15.9. The fourth-order valence-electron chi connectivity index (χ4n) is 2.45. The van der Waals surface area contributed by atoms with Gasteiger partial charge in [-0.05, 0) is 35.0 Å². The van der Waals surface area contributed by atoms with Gasteiger partial charge in [0.1, 0.15) is 0 Å². The maximum atomic E-state index is 12.5. The molecule has 1 heterocycles. The predicted octanol–water partition coefficient (Wildman–Crippen LogP) is 2.53. The standard InChI is InChI=1S/C14H18BrN3O3/c1-2-5-16-6-8-17(9-7-16)14(19)12-4-3-11(18(20)21)10-13(12)15/h3-4,10H,2,5-9H2,1H3. The smallest absolute Gasteiger partial charge is 0.270 e.